The number of hydrogen-bond acceptors (Lipinski definition) is 3. The lowest BCUT2D eigenvalue weighted by atomic mass is 9.93. The molecule has 0 spiro atoms. The summed E-state index contributed by atoms with van der Waals surface area (Å²) in [5.41, 5.74) is 5.88. The van der Waals surface area contributed by atoms with Crippen molar-refractivity contribution in [3.63, 3.8) is 0 Å². The SMILES string of the molecule is CC(C)(O)[C@@H](N)c1ccc(S)cc1. The molecule has 0 heterocycles. The Morgan fingerprint density at radius 3 is 2.15 bits per heavy atom. The van der Waals surface area contributed by atoms with Crippen molar-refractivity contribution >= 4 is 12.6 Å². The second-order valence-electron chi connectivity index (χ2n) is 3.72. The molecule has 0 amide bonds. The molecule has 0 aliphatic carbocycles. The van der Waals surface area contributed by atoms with Gasteiger partial charge in [0.05, 0.1) is 11.6 Å². The molecule has 0 saturated heterocycles. The number of benzene rings is 1. The smallest absolute Gasteiger partial charge is 0.0783 e. The summed E-state index contributed by atoms with van der Waals surface area (Å²) in [5.74, 6) is 0. The summed E-state index contributed by atoms with van der Waals surface area (Å²) in [6.07, 6.45) is 0. The molecule has 0 fully saturated rings. The van der Waals surface area contributed by atoms with Gasteiger partial charge in [-0.25, -0.2) is 0 Å². The molecular weight excluding hydrogens is 182 g/mol. The van der Waals surface area contributed by atoms with Crippen molar-refractivity contribution in [2.45, 2.75) is 30.4 Å². The highest BCUT2D eigenvalue weighted by atomic mass is 32.1. The monoisotopic (exact) mass is 197 g/mol. The van der Waals surface area contributed by atoms with E-state index >= 15 is 0 Å². The van der Waals surface area contributed by atoms with E-state index in [9.17, 15) is 5.11 Å². The van der Waals surface area contributed by atoms with Crippen molar-refractivity contribution in [3.8, 4) is 0 Å². The Kier molecular flexibility index (Phi) is 3.01. The van der Waals surface area contributed by atoms with Gasteiger partial charge in [0, 0.05) is 4.90 Å². The van der Waals surface area contributed by atoms with E-state index in [-0.39, 0.29) is 6.04 Å². The molecule has 1 atom stereocenters. The van der Waals surface area contributed by atoms with E-state index in [0.717, 1.165) is 10.5 Å². The molecular formula is C10H15NOS. The standard InChI is InChI=1S/C10H15NOS/c1-10(2,12)9(11)7-3-5-8(13)6-4-7/h3-6,9,12-13H,11H2,1-2H3/t9-/m0/s1. The van der Waals surface area contributed by atoms with Crippen LogP contribution in [0.15, 0.2) is 29.2 Å². The molecule has 3 N–H and O–H groups in total. The van der Waals surface area contributed by atoms with Crippen molar-refractivity contribution < 1.29 is 5.11 Å². The molecule has 1 aromatic carbocycles. The second-order valence-corrected chi connectivity index (χ2v) is 4.24. The van der Waals surface area contributed by atoms with Crippen molar-refractivity contribution in [1.82, 2.24) is 0 Å². The number of nitrogens with two attached hydrogens (primary N) is 1. The van der Waals surface area contributed by atoms with E-state index in [2.05, 4.69) is 12.6 Å². The number of rotatable bonds is 2. The van der Waals surface area contributed by atoms with Crippen LogP contribution in [-0.4, -0.2) is 10.7 Å². The Bertz CT molecular complexity index is 276. The summed E-state index contributed by atoms with van der Waals surface area (Å²) >= 11 is 4.17. The average molecular weight is 197 g/mol. The lowest BCUT2D eigenvalue weighted by molar-refractivity contribution is 0.0517. The number of thiol groups is 1. The van der Waals surface area contributed by atoms with Crippen molar-refractivity contribution in [3.05, 3.63) is 29.8 Å². The molecule has 0 aliphatic rings. The van der Waals surface area contributed by atoms with Gasteiger partial charge in [-0.1, -0.05) is 12.1 Å². The minimum Gasteiger partial charge on any atom is -0.388 e. The topological polar surface area (TPSA) is 46.2 Å². The van der Waals surface area contributed by atoms with Crippen molar-refractivity contribution in [2.24, 2.45) is 5.73 Å². The zero-order valence-electron chi connectivity index (χ0n) is 7.86. The van der Waals surface area contributed by atoms with Gasteiger partial charge in [-0.3, -0.25) is 0 Å². The van der Waals surface area contributed by atoms with Crippen LogP contribution in [0.5, 0.6) is 0 Å². The fourth-order valence-electron chi connectivity index (χ4n) is 1.09. The predicted octanol–water partition coefficient (Wildman–Crippen LogP) is 1.75. The minimum absolute atomic E-state index is 0.360. The van der Waals surface area contributed by atoms with Gasteiger partial charge in [0.25, 0.3) is 0 Å². The van der Waals surface area contributed by atoms with Crippen LogP contribution >= 0.6 is 12.6 Å². The fourth-order valence-corrected chi connectivity index (χ4v) is 1.24. The first kappa shape index (κ1) is 10.6. The Hall–Kier alpha value is -0.510. The highest BCUT2D eigenvalue weighted by Crippen LogP contribution is 2.23. The molecule has 0 bridgehead atoms. The second kappa shape index (κ2) is 3.70. The van der Waals surface area contributed by atoms with Crippen LogP contribution in [0.2, 0.25) is 0 Å². The number of aliphatic hydroxyl groups is 1. The highest BCUT2D eigenvalue weighted by molar-refractivity contribution is 7.80. The molecule has 2 nitrogen and oxygen atoms in total. The maximum atomic E-state index is 9.66. The molecule has 0 saturated carbocycles. The third-order valence-electron chi connectivity index (χ3n) is 2.01. The first-order valence-corrected chi connectivity index (χ1v) is 4.63. The van der Waals surface area contributed by atoms with E-state index in [4.69, 9.17) is 5.73 Å². The first-order chi connectivity index (χ1) is 5.91. The zero-order chi connectivity index (χ0) is 10.1. The van der Waals surface area contributed by atoms with Gasteiger partial charge in [0.2, 0.25) is 0 Å². The van der Waals surface area contributed by atoms with Gasteiger partial charge in [-0.15, -0.1) is 12.6 Å². The summed E-state index contributed by atoms with van der Waals surface area (Å²) in [4.78, 5) is 0.895. The molecule has 13 heavy (non-hydrogen) atoms. The van der Waals surface area contributed by atoms with E-state index in [1.54, 1.807) is 13.8 Å². The summed E-state index contributed by atoms with van der Waals surface area (Å²) in [5, 5.41) is 9.66. The Morgan fingerprint density at radius 2 is 1.77 bits per heavy atom. The van der Waals surface area contributed by atoms with Crippen LogP contribution in [0.25, 0.3) is 0 Å². The Labute approximate surface area is 84.2 Å². The van der Waals surface area contributed by atoms with E-state index in [1.165, 1.54) is 0 Å². The molecule has 1 aromatic rings. The lowest BCUT2D eigenvalue weighted by Gasteiger charge is -2.25. The lowest BCUT2D eigenvalue weighted by Crippen LogP contribution is -2.34. The number of hydrogen-bond donors (Lipinski definition) is 3. The third-order valence-corrected chi connectivity index (χ3v) is 2.31. The Morgan fingerprint density at radius 1 is 1.31 bits per heavy atom. The molecule has 0 radical (unpaired) electrons. The molecule has 0 aromatic heterocycles. The summed E-state index contributed by atoms with van der Waals surface area (Å²) in [6.45, 7) is 3.40. The van der Waals surface area contributed by atoms with Crippen LogP contribution in [0, 0.1) is 0 Å². The maximum Gasteiger partial charge on any atom is 0.0783 e. The van der Waals surface area contributed by atoms with Crippen LogP contribution < -0.4 is 5.73 Å². The predicted molar refractivity (Wildman–Crippen MR) is 56.9 cm³/mol. The van der Waals surface area contributed by atoms with E-state index in [0.29, 0.717) is 0 Å². The van der Waals surface area contributed by atoms with Crippen LogP contribution in [-0.2, 0) is 0 Å². The van der Waals surface area contributed by atoms with Crippen LogP contribution in [0.1, 0.15) is 25.5 Å². The molecule has 72 valence electrons. The Balaban J connectivity index is 2.90. The normalized spacial score (nSPS) is 14.2. The van der Waals surface area contributed by atoms with Gasteiger partial charge in [-0.2, -0.15) is 0 Å². The highest BCUT2D eigenvalue weighted by Gasteiger charge is 2.23. The summed E-state index contributed by atoms with van der Waals surface area (Å²) < 4.78 is 0. The van der Waals surface area contributed by atoms with Gasteiger partial charge in [0.15, 0.2) is 0 Å². The van der Waals surface area contributed by atoms with E-state index in [1.807, 2.05) is 24.3 Å². The largest absolute Gasteiger partial charge is 0.388 e. The van der Waals surface area contributed by atoms with Crippen LogP contribution in [0.4, 0.5) is 0 Å². The van der Waals surface area contributed by atoms with Gasteiger partial charge >= 0.3 is 0 Å². The van der Waals surface area contributed by atoms with Gasteiger partial charge in [0.1, 0.15) is 0 Å². The summed E-state index contributed by atoms with van der Waals surface area (Å²) in [7, 11) is 0. The van der Waals surface area contributed by atoms with Gasteiger partial charge in [-0.05, 0) is 31.5 Å². The molecule has 3 heteroatoms. The summed E-state index contributed by atoms with van der Waals surface area (Å²) in [6, 6.07) is 7.13. The van der Waals surface area contributed by atoms with Gasteiger partial charge < -0.3 is 10.8 Å². The minimum atomic E-state index is -0.891. The first-order valence-electron chi connectivity index (χ1n) is 4.18. The maximum absolute atomic E-state index is 9.66. The average Bonchev–Trinajstić information content (AvgIpc) is 2.03. The molecule has 1 rings (SSSR count). The zero-order valence-corrected chi connectivity index (χ0v) is 8.75. The van der Waals surface area contributed by atoms with Crippen LogP contribution in [0.3, 0.4) is 0 Å². The quantitative estimate of drug-likeness (QED) is 0.632. The molecule has 0 unspecified atom stereocenters. The van der Waals surface area contributed by atoms with E-state index < -0.39 is 5.60 Å². The fraction of sp³-hybridized carbons (Fsp3) is 0.400. The van der Waals surface area contributed by atoms with Crippen molar-refractivity contribution in [1.29, 1.82) is 0 Å². The molecule has 0 aliphatic heterocycles. The van der Waals surface area contributed by atoms with Crippen molar-refractivity contribution in [2.75, 3.05) is 0 Å². The third kappa shape index (κ3) is 2.72.